The monoisotopic (exact) mass is 438 g/mol. The number of methoxy groups -OCH3 is 1. The van der Waals surface area contributed by atoms with E-state index in [9.17, 15) is 19.1 Å². The van der Waals surface area contributed by atoms with E-state index in [1.165, 1.54) is 20.1 Å². The number of H-pyrrole nitrogens is 1. The normalized spacial score (nSPS) is 17.4. The number of carbonyl (C=O) groups excluding carboxylic acids is 1. The summed E-state index contributed by atoms with van der Waals surface area (Å²) in [5.74, 6) is -0.0579. The minimum atomic E-state index is -1.88. The lowest BCUT2D eigenvalue weighted by Gasteiger charge is -2.28. The molecule has 2 heterocycles. The molecule has 0 unspecified atom stereocenters. The number of halogens is 1. The standard InChI is InChI=1S/C25H27FN2O4/c1-12-6-7-15-13(2)18(26)9-19-22(15)21(12)14(3)23(27-19)20-8-17(25(4,31)11-29)16(10-32-5)24(30)28-20/h8-9,11-12,31H,6-7,10H2,1-5H3,(H,28,30)/t12-,25+/m0/s1. The predicted molar refractivity (Wildman–Crippen MR) is 120 cm³/mol. The second-order valence-corrected chi connectivity index (χ2v) is 8.90. The second-order valence-electron chi connectivity index (χ2n) is 8.90. The number of hydrogen-bond acceptors (Lipinski definition) is 5. The van der Waals surface area contributed by atoms with Gasteiger partial charge in [0, 0.05) is 29.7 Å². The first-order valence-electron chi connectivity index (χ1n) is 10.7. The molecule has 1 aromatic carbocycles. The molecule has 7 heteroatoms. The highest BCUT2D eigenvalue weighted by Gasteiger charge is 2.30. The van der Waals surface area contributed by atoms with Gasteiger partial charge in [0.2, 0.25) is 0 Å². The highest BCUT2D eigenvalue weighted by Crippen LogP contribution is 2.42. The zero-order valence-electron chi connectivity index (χ0n) is 18.9. The molecule has 168 valence electrons. The van der Waals surface area contributed by atoms with Crippen LogP contribution in [0.3, 0.4) is 0 Å². The molecule has 0 saturated heterocycles. The highest BCUT2D eigenvalue weighted by molar-refractivity contribution is 5.92. The first kappa shape index (κ1) is 22.3. The van der Waals surface area contributed by atoms with Crippen molar-refractivity contribution in [2.24, 2.45) is 0 Å². The number of ether oxygens (including phenoxy) is 1. The molecule has 0 spiro atoms. The maximum Gasteiger partial charge on any atom is 0.254 e. The molecule has 4 rings (SSSR count). The van der Waals surface area contributed by atoms with E-state index in [0.29, 0.717) is 28.8 Å². The van der Waals surface area contributed by atoms with Gasteiger partial charge in [-0.05, 0) is 67.9 Å². The number of pyridine rings is 2. The van der Waals surface area contributed by atoms with Crippen LogP contribution in [-0.2, 0) is 28.2 Å². The molecule has 32 heavy (non-hydrogen) atoms. The van der Waals surface area contributed by atoms with Crippen LogP contribution in [0.5, 0.6) is 0 Å². The van der Waals surface area contributed by atoms with Crippen molar-refractivity contribution in [3.63, 3.8) is 0 Å². The fourth-order valence-corrected chi connectivity index (χ4v) is 4.91. The molecule has 0 fully saturated rings. The van der Waals surface area contributed by atoms with Crippen LogP contribution in [0.15, 0.2) is 16.9 Å². The third-order valence-corrected chi connectivity index (χ3v) is 6.67. The first-order valence-corrected chi connectivity index (χ1v) is 10.7. The Morgan fingerprint density at radius 3 is 2.72 bits per heavy atom. The number of aliphatic hydroxyl groups is 1. The van der Waals surface area contributed by atoms with E-state index in [4.69, 9.17) is 9.72 Å². The summed E-state index contributed by atoms with van der Waals surface area (Å²) >= 11 is 0. The topological polar surface area (TPSA) is 92.3 Å². The number of aromatic amines is 1. The van der Waals surface area contributed by atoms with Gasteiger partial charge in [0.25, 0.3) is 5.56 Å². The number of nitrogens with one attached hydrogen (secondary N) is 1. The van der Waals surface area contributed by atoms with Gasteiger partial charge in [0.1, 0.15) is 11.4 Å². The minimum absolute atomic E-state index is 0.0603. The molecule has 1 aliphatic rings. The molecule has 2 N–H and O–H groups in total. The van der Waals surface area contributed by atoms with Crippen molar-refractivity contribution in [1.82, 2.24) is 9.97 Å². The van der Waals surface area contributed by atoms with Crippen LogP contribution in [0.25, 0.3) is 22.3 Å². The molecule has 1 aliphatic carbocycles. The third kappa shape index (κ3) is 3.36. The Labute approximate surface area is 185 Å². The lowest BCUT2D eigenvalue weighted by atomic mass is 9.79. The Kier molecular flexibility index (Phi) is 5.51. The summed E-state index contributed by atoms with van der Waals surface area (Å²) in [5, 5.41) is 11.6. The summed E-state index contributed by atoms with van der Waals surface area (Å²) in [7, 11) is 1.43. The molecule has 2 aromatic heterocycles. The number of carbonyl (C=O) groups is 1. The van der Waals surface area contributed by atoms with Gasteiger partial charge in [0.15, 0.2) is 6.29 Å². The van der Waals surface area contributed by atoms with Crippen LogP contribution in [0, 0.1) is 19.7 Å². The summed E-state index contributed by atoms with van der Waals surface area (Å²) in [6.07, 6.45) is 2.08. The van der Waals surface area contributed by atoms with Crippen molar-refractivity contribution in [3.8, 4) is 11.4 Å². The Morgan fingerprint density at radius 1 is 1.34 bits per heavy atom. The van der Waals surface area contributed by atoms with Gasteiger partial charge in [-0.3, -0.25) is 9.59 Å². The smallest absolute Gasteiger partial charge is 0.254 e. The van der Waals surface area contributed by atoms with Crippen LogP contribution < -0.4 is 5.56 Å². The van der Waals surface area contributed by atoms with E-state index in [2.05, 4.69) is 11.9 Å². The molecular formula is C25H27FN2O4. The van der Waals surface area contributed by atoms with E-state index in [1.807, 2.05) is 6.92 Å². The van der Waals surface area contributed by atoms with Crippen LogP contribution in [0.4, 0.5) is 4.39 Å². The number of benzene rings is 1. The van der Waals surface area contributed by atoms with E-state index in [0.717, 1.165) is 34.9 Å². The van der Waals surface area contributed by atoms with Crippen LogP contribution in [-0.4, -0.2) is 28.5 Å². The Morgan fingerprint density at radius 2 is 2.06 bits per heavy atom. The molecule has 2 atom stereocenters. The highest BCUT2D eigenvalue weighted by atomic mass is 19.1. The number of hydrogen-bond donors (Lipinski definition) is 2. The van der Waals surface area contributed by atoms with Gasteiger partial charge < -0.3 is 14.8 Å². The zero-order chi connectivity index (χ0) is 23.4. The van der Waals surface area contributed by atoms with E-state index >= 15 is 0 Å². The molecule has 0 radical (unpaired) electrons. The van der Waals surface area contributed by atoms with Crippen molar-refractivity contribution in [3.05, 3.63) is 61.7 Å². The van der Waals surface area contributed by atoms with Crippen molar-refractivity contribution in [1.29, 1.82) is 0 Å². The summed E-state index contributed by atoms with van der Waals surface area (Å²) in [6.45, 7) is 7.15. The van der Waals surface area contributed by atoms with Gasteiger partial charge in [-0.25, -0.2) is 9.37 Å². The molecule has 0 bridgehead atoms. The van der Waals surface area contributed by atoms with Crippen molar-refractivity contribution in [2.75, 3.05) is 7.11 Å². The summed E-state index contributed by atoms with van der Waals surface area (Å²) < 4.78 is 19.8. The lowest BCUT2D eigenvalue weighted by Crippen LogP contribution is -2.30. The van der Waals surface area contributed by atoms with Crippen molar-refractivity contribution >= 4 is 17.2 Å². The van der Waals surface area contributed by atoms with Gasteiger partial charge in [-0.2, -0.15) is 0 Å². The number of rotatable bonds is 5. The minimum Gasteiger partial charge on any atom is -0.380 e. The number of aryl methyl sites for hydroxylation is 1. The van der Waals surface area contributed by atoms with Gasteiger partial charge in [-0.1, -0.05) is 6.92 Å². The molecule has 0 amide bonds. The fourth-order valence-electron chi connectivity index (χ4n) is 4.91. The SMILES string of the molecule is COCc1c([C@](C)(O)C=O)cc(-c2nc3cc(F)c(C)c4c3c(c2C)[C@@H](C)CC4)[nH]c1=O. The van der Waals surface area contributed by atoms with E-state index in [-0.39, 0.29) is 29.5 Å². The third-order valence-electron chi connectivity index (χ3n) is 6.67. The van der Waals surface area contributed by atoms with Gasteiger partial charge in [-0.15, -0.1) is 0 Å². The molecule has 6 nitrogen and oxygen atoms in total. The van der Waals surface area contributed by atoms with Gasteiger partial charge in [0.05, 0.1) is 23.5 Å². The molecular weight excluding hydrogens is 411 g/mol. The average molecular weight is 438 g/mol. The van der Waals surface area contributed by atoms with E-state index in [1.54, 1.807) is 13.0 Å². The summed E-state index contributed by atoms with van der Waals surface area (Å²) in [4.78, 5) is 32.0. The molecule has 0 saturated carbocycles. The number of aldehydes is 1. The van der Waals surface area contributed by atoms with Gasteiger partial charge >= 0.3 is 0 Å². The quantitative estimate of drug-likeness (QED) is 0.589. The molecule has 0 aliphatic heterocycles. The Bertz CT molecular complexity index is 1310. The Balaban J connectivity index is 2.07. The maximum absolute atomic E-state index is 14.7. The average Bonchev–Trinajstić information content (AvgIpc) is 2.75. The van der Waals surface area contributed by atoms with Crippen LogP contribution >= 0.6 is 0 Å². The van der Waals surface area contributed by atoms with Crippen molar-refractivity contribution < 1.29 is 19.0 Å². The zero-order valence-corrected chi connectivity index (χ0v) is 18.9. The number of aromatic nitrogens is 2. The second kappa shape index (κ2) is 7.90. The summed E-state index contributed by atoms with van der Waals surface area (Å²) in [6, 6.07) is 3.01. The Hall–Kier alpha value is -2.90. The lowest BCUT2D eigenvalue weighted by molar-refractivity contribution is -0.123. The summed E-state index contributed by atoms with van der Waals surface area (Å²) in [5.41, 5.74) is 3.02. The van der Waals surface area contributed by atoms with E-state index < -0.39 is 11.2 Å². The maximum atomic E-state index is 14.7. The fraction of sp³-hybridized carbons (Fsp3) is 0.400. The van der Waals surface area contributed by atoms with Crippen molar-refractivity contribution in [2.45, 2.75) is 58.7 Å². The predicted octanol–water partition coefficient (Wildman–Crippen LogP) is 3.95. The first-order chi connectivity index (χ1) is 15.1. The number of nitrogens with zero attached hydrogens (tertiary/aromatic N) is 1. The largest absolute Gasteiger partial charge is 0.380 e. The van der Waals surface area contributed by atoms with Crippen LogP contribution in [0.1, 0.15) is 59.6 Å². The molecule has 3 aromatic rings. The van der Waals surface area contributed by atoms with Crippen LogP contribution in [0.2, 0.25) is 0 Å².